The van der Waals surface area contributed by atoms with Crippen LogP contribution in [0.4, 0.5) is 5.69 Å². The van der Waals surface area contributed by atoms with Gasteiger partial charge >= 0.3 is 5.76 Å². The predicted octanol–water partition coefficient (Wildman–Crippen LogP) is 2.35. The highest BCUT2D eigenvalue weighted by atomic mass is 32.2. The Bertz CT molecular complexity index is 969. The van der Waals surface area contributed by atoms with Crippen molar-refractivity contribution in [2.45, 2.75) is 11.4 Å². The van der Waals surface area contributed by atoms with Crippen molar-refractivity contribution in [1.82, 2.24) is 9.78 Å². The fourth-order valence-corrected chi connectivity index (χ4v) is 2.71. The number of hydrogen-bond donors (Lipinski definition) is 1. The first kappa shape index (κ1) is 16.6. The van der Waals surface area contributed by atoms with Crippen molar-refractivity contribution in [1.29, 1.82) is 5.26 Å². The molecule has 1 N–H and O–H groups in total. The number of anilines is 1. The average Bonchev–Trinajstić information content (AvgIpc) is 3.24. The number of aromatic nitrogens is 2. The van der Waals surface area contributed by atoms with Gasteiger partial charge in [-0.25, -0.2) is 4.79 Å². The number of nitrogens with zero attached hydrogens (tertiary/aromatic N) is 3. The molecule has 0 saturated carbocycles. The molecular weight excluding hydrogens is 344 g/mol. The first-order chi connectivity index (χ1) is 12.2. The second-order valence-corrected chi connectivity index (χ2v) is 5.82. The van der Waals surface area contributed by atoms with Crippen molar-refractivity contribution >= 4 is 23.4 Å². The van der Waals surface area contributed by atoms with Crippen molar-refractivity contribution in [3.8, 4) is 17.7 Å². The first-order valence-electron chi connectivity index (χ1n) is 7.18. The molecule has 0 unspecified atom stereocenters. The smallest absolute Gasteiger partial charge is 0.437 e. The van der Waals surface area contributed by atoms with Crippen LogP contribution < -0.4 is 11.1 Å². The number of amides is 1. The Hall–Kier alpha value is -3.25. The topological polar surface area (TPSA) is 114 Å². The largest absolute Gasteiger partial charge is 0.459 e. The van der Waals surface area contributed by atoms with Crippen molar-refractivity contribution < 1.29 is 13.6 Å². The van der Waals surface area contributed by atoms with Gasteiger partial charge in [0.1, 0.15) is 6.54 Å². The van der Waals surface area contributed by atoms with E-state index in [1.54, 1.807) is 30.3 Å². The molecule has 3 aromatic rings. The van der Waals surface area contributed by atoms with E-state index in [0.717, 1.165) is 9.58 Å². The summed E-state index contributed by atoms with van der Waals surface area (Å²) in [5.41, 5.74) is 0.565. The minimum Gasteiger partial charge on any atom is -0.459 e. The zero-order valence-electron chi connectivity index (χ0n) is 12.8. The summed E-state index contributed by atoms with van der Waals surface area (Å²) in [5.74, 6) is -0.621. The lowest BCUT2D eigenvalue weighted by Gasteiger charge is -2.09. The van der Waals surface area contributed by atoms with E-state index < -0.39 is 11.7 Å². The van der Waals surface area contributed by atoms with Crippen molar-refractivity contribution in [3.05, 3.63) is 53.2 Å². The number of furan rings is 1. The van der Waals surface area contributed by atoms with Crippen LogP contribution in [-0.4, -0.2) is 21.4 Å². The fraction of sp³-hybridized carbons (Fsp3) is 0.125. The van der Waals surface area contributed by atoms with Gasteiger partial charge in [-0.15, -0.1) is 16.9 Å². The van der Waals surface area contributed by atoms with E-state index >= 15 is 0 Å². The zero-order valence-corrected chi connectivity index (χ0v) is 13.7. The lowest BCUT2D eigenvalue weighted by molar-refractivity contribution is -0.117. The van der Waals surface area contributed by atoms with Gasteiger partial charge in [-0.3, -0.25) is 4.79 Å². The summed E-state index contributed by atoms with van der Waals surface area (Å²) in [4.78, 5) is 24.8. The van der Waals surface area contributed by atoms with Crippen LogP contribution in [0.25, 0.3) is 11.7 Å². The summed E-state index contributed by atoms with van der Waals surface area (Å²) in [5, 5.41) is 15.3. The molecule has 3 rings (SSSR count). The van der Waals surface area contributed by atoms with E-state index in [-0.39, 0.29) is 18.2 Å². The molecule has 25 heavy (non-hydrogen) atoms. The van der Waals surface area contributed by atoms with Crippen LogP contribution in [-0.2, 0) is 11.3 Å². The lowest BCUT2D eigenvalue weighted by atomic mass is 10.3. The third kappa shape index (κ3) is 3.99. The predicted molar refractivity (Wildman–Crippen MR) is 89.9 cm³/mol. The number of rotatable bonds is 6. The number of thioether (sulfide) groups is 1. The van der Waals surface area contributed by atoms with Crippen LogP contribution in [0.1, 0.15) is 0 Å². The average molecular weight is 356 g/mol. The molecule has 0 aliphatic carbocycles. The Morgan fingerprint density at radius 2 is 2.16 bits per heavy atom. The summed E-state index contributed by atoms with van der Waals surface area (Å²) in [7, 11) is 0. The van der Waals surface area contributed by atoms with Gasteiger partial charge in [0.25, 0.3) is 5.89 Å². The molecule has 2 aromatic heterocycles. The summed E-state index contributed by atoms with van der Waals surface area (Å²) in [6.45, 7) is -0.305. The van der Waals surface area contributed by atoms with E-state index in [4.69, 9.17) is 14.1 Å². The minimum absolute atomic E-state index is 0.00720. The zero-order chi connectivity index (χ0) is 17.6. The highest BCUT2D eigenvalue weighted by molar-refractivity contribution is 7.99. The Balaban J connectivity index is 1.72. The van der Waals surface area contributed by atoms with Gasteiger partial charge in [-0.2, -0.15) is 9.94 Å². The monoisotopic (exact) mass is 356 g/mol. The summed E-state index contributed by atoms with van der Waals surface area (Å²) in [6, 6.07) is 12.4. The first-order valence-corrected chi connectivity index (χ1v) is 8.16. The van der Waals surface area contributed by atoms with E-state index in [1.807, 2.05) is 12.1 Å². The minimum atomic E-state index is -0.756. The number of carbonyl (C=O) groups excluding carboxylic acids is 1. The van der Waals surface area contributed by atoms with Gasteiger partial charge in [0, 0.05) is 4.90 Å². The molecule has 126 valence electrons. The summed E-state index contributed by atoms with van der Waals surface area (Å²) in [6.07, 6.45) is 1.43. The summed E-state index contributed by atoms with van der Waals surface area (Å²) >= 11 is 1.31. The molecule has 0 bridgehead atoms. The Labute approximate surface area is 146 Å². The van der Waals surface area contributed by atoms with Gasteiger partial charge in [-0.1, -0.05) is 12.1 Å². The Morgan fingerprint density at radius 1 is 1.32 bits per heavy atom. The van der Waals surface area contributed by atoms with E-state index in [2.05, 4.69) is 10.4 Å². The molecule has 0 atom stereocenters. The van der Waals surface area contributed by atoms with Gasteiger partial charge in [0.2, 0.25) is 5.91 Å². The van der Waals surface area contributed by atoms with E-state index in [1.165, 1.54) is 18.0 Å². The SMILES string of the molecule is N#CCSc1ccccc1NC(=O)Cn1nc(-c2ccco2)oc1=O. The van der Waals surface area contributed by atoms with Gasteiger partial charge in [0.15, 0.2) is 5.76 Å². The van der Waals surface area contributed by atoms with Crippen LogP contribution in [0.15, 0.2) is 61.2 Å². The van der Waals surface area contributed by atoms with E-state index in [0.29, 0.717) is 11.4 Å². The van der Waals surface area contributed by atoms with Crippen LogP contribution in [0.5, 0.6) is 0 Å². The Morgan fingerprint density at radius 3 is 2.92 bits per heavy atom. The number of benzene rings is 1. The molecule has 0 saturated heterocycles. The summed E-state index contributed by atoms with van der Waals surface area (Å²) < 4.78 is 11.0. The van der Waals surface area contributed by atoms with Gasteiger partial charge in [-0.05, 0) is 24.3 Å². The molecule has 2 heterocycles. The number of carbonyl (C=O) groups is 1. The van der Waals surface area contributed by atoms with E-state index in [9.17, 15) is 9.59 Å². The third-order valence-corrected chi connectivity index (χ3v) is 4.03. The van der Waals surface area contributed by atoms with Crippen LogP contribution >= 0.6 is 11.8 Å². The standard InChI is InChI=1S/C16H12N4O4S/c17-7-9-25-13-6-2-1-4-11(13)18-14(21)10-20-16(22)24-15(19-20)12-5-3-8-23-12/h1-6,8H,9-10H2,(H,18,21). The van der Waals surface area contributed by atoms with Crippen molar-refractivity contribution in [2.75, 3.05) is 11.1 Å². The Kier molecular flexibility index (Phi) is 5.01. The molecule has 8 nitrogen and oxygen atoms in total. The highest BCUT2D eigenvalue weighted by Crippen LogP contribution is 2.26. The molecular formula is C16H12N4O4S. The molecule has 0 aliphatic heterocycles. The second-order valence-electron chi connectivity index (χ2n) is 4.80. The molecule has 1 amide bonds. The van der Waals surface area contributed by atoms with Crippen LogP contribution in [0.3, 0.4) is 0 Å². The molecule has 0 aliphatic rings. The van der Waals surface area contributed by atoms with Gasteiger partial charge < -0.3 is 14.2 Å². The number of para-hydroxylation sites is 1. The highest BCUT2D eigenvalue weighted by Gasteiger charge is 2.15. The van der Waals surface area contributed by atoms with Crippen LogP contribution in [0, 0.1) is 11.3 Å². The van der Waals surface area contributed by atoms with Crippen molar-refractivity contribution in [3.63, 3.8) is 0 Å². The van der Waals surface area contributed by atoms with Crippen LogP contribution in [0.2, 0.25) is 0 Å². The third-order valence-electron chi connectivity index (χ3n) is 3.08. The fourth-order valence-electron chi connectivity index (χ4n) is 2.04. The van der Waals surface area contributed by atoms with Gasteiger partial charge in [0.05, 0.1) is 23.8 Å². The lowest BCUT2D eigenvalue weighted by Crippen LogP contribution is -2.26. The maximum absolute atomic E-state index is 12.2. The number of nitriles is 1. The normalized spacial score (nSPS) is 10.4. The number of hydrogen-bond acceptors (Lipinski definition) is 7. The molecule has 0 radical (unpaired) electrons. The van der Waals surface area contributed by atoms with Crippen molar-refractivity contribution in [2.24, 2.45) is 0 Å². The maximum Gasteiger partial charge on any atom is 0.437 e. The molecule has 0 spiro atoms. The molecule has 1 aromatic carbocycles. The quantitative estimate of drug-likeness (QED) is 0.674. The number of nitrogens with one attached hydrogen (secondary N) is 1. The maximum atomic E-state index is 12.2. The molecule has 9 heteroatoms. The molecule has 0 fully saturated rings. The second kappa shape index (κ2) is 7.55.